The van der Waals surface area contributed by atoms with E-state index in [2.05, 4.69) is 0 Å². The summed E-state index contributed by atoms with van der Waals surface area (Å²) in [6.45, 7) is 2.71. The molecule has 1 amide bonds. The Kier molecular flexibility index (Phi) is 6.92. The van der Waals surface area contributed by atoms with Crippen molar-refractivity contribution in [2.24, 2.45) is 0 Å². The summed E-state index contributed by atoms with van der Waals surface area (Å²) in [6.07, 6.45) is 1.00. The predicted molar refractivity (Wildman–Crippen MR) is 113 cm³/mol. The molecule has 1 aliphatic rings. The van der Waals surface area contributed by atoms with Crippen molar-refractivity contribution in [3.05, 3.63) is 47.0 Å². The molecule has 1 atom stereocenters. The van der Waals surface area contributed by atoms with Crippen LogP contribution in [0.1, 0.15) is 29.7 Å². The van der Waals surface area contributed by atoms with Gasteiger partial charge in [0.2, 0.25) is 0 Å². The monoisotopic (exact) mass is 415 g/mol. The van der Waals surface area contributed by atoms with Gasteiger partial charge < -0.3 is 28.6 Å². The molecule has 1 aliphatic heterocycles. The second kappa shape index (κ2) is 9.61. The maximum Gasteiger partial charge on any atom is 0.410 e. The molecule has 7 nitrogen and oxygen atoms in total. The van der Waals surface area contributed by atoms with Crippen molar-refractivity contribution in [1.82, 2.24) is 4.90 Å². The molecule has 30 heavy (non-hydrogen) atoms. The summed E-state index contributed by atoms with van der Waals surface area (Å²) in [6, 6.07) is 9.56. The van der Waals surface area contributed by atoms with E-state index in [1.807, 2.05) is 37.3 Å². The molecule has 7 heteroatoms. The lowest BCUT2D eigenvalue weighted by Crippen LogP contribution is -2.41. The molecule has 0 aromatic heterocycles. The van der Waals surface area contributed by atoms with Gasteiger partial charge in [-0.3, -0.25) is 0 Å². The minimum absolute atomic E-state index is 0.203. The number of ether oxygens (including phenoxy) is 5. The summed E-state index contributed by atoms with van der Waals surface area (Å²) in [5, 5.41) is 0. The first-order chi connectivity index (χ1) is 14.6. The van der Waals surface area contributed by atoms with Gasteiger partial charge in [-0.05, 0) is 60.7 Å². The van der Waals surface area contributed by atoms with E-state index in [0.29, 0.717) is 42.6 Å². The Hall–Kier alpha value is -3.09. The molecule has 0 saturated carbocycles. The molecule has 0 N–H and O–H groups in total. The summed E-state index contributed by atoms with van der Waals surface area (Å²) >= 11 is 0. The largest absolute Gasteiger partial charge is 0.493 e. The highest BCUT2D eigenvalue weighted by atomic mass is 16.6. The minimum atomic E-state index is -0.316. The van der Waals surface area contributed by atoms with Crippen molar-refractivity contribution in [1.29, 1.82) is 0 Å². The van der Waals surface area contributed by atoms with Gasteiger partial charge in [-0.1, -0.05) is 6.07 Å². The number of methoxy groups -OCH3 is 4. The summed E-state index contributed by atoms with van der Waals surface area (Å²) in [7, 11) is 6.45. The van der Waals surface area contributed by atoms with Gasteiger partial charge in [-0.25, -0.2) is 4.79 Å². The third kappa shape index (κ3) is 4.25. The Morgan fingerprint density at radius 3 is 2.20 bits per heavy atom. The number of fused-ring (bicyclic) bond motifs is 1. The smallest absolute Gasteiger partial charge is 0.410 e. The van der Waals surface area contributed by atoms with Crippen molar-refractivity contribution in [2.45, 2.75) is 25.8 Å². The summed E-state index contributed by atoms with van der Waals surface area (Å²) in [4.78, 5) is 14.5. The summed E-state index contributed by atoms with van der Waals surface area (Å²) < 4.78 is 27.1. The average Bonchev–Trinajstić information content (AvgIpc) is 2.78. The van der Waals surface area contributed by atoms with Crippen LogP contribution in [-0.2, 0) is 17.6 Å². The standard InChI is InChI=1S/C23H29NO6/c1-6-30-23(25)24-10-9-16-13-21(28-4)22(29-5)14-17(16)18(24)11-15-7-8-19(26-2)20(12-15)27-3/h7-8,12-14,18H,6,9-11H2,1-5H3/t18-/m0/s1. The second-order valence-corrected chi connectivity index (χ2v) is 6.96. The molecular formula is C23H29NO6. The van der Waals surface area contributed by atoms with Gasteiger partial charge in [-0.15, -0.1) is 0 Å². The second-order valence-electron chi connectivity index (χ2n) is 6.96. The van der Waals surface area contributed by atoms with Crippen LogP contribution in [-0.4, -0.2) is 52.6 Å². The Balaban J connectivity index is 2.04. The number of hydrogen-bond acceptors (Lipinski definition) is 6. The number of carbonyl (C=O) groups is 1. The van der Waals surface area contributed by atoms with Crippen LogP contribution in [0.4, 0.5) is 4.79 Å². The molecule has 2 aromatic rings. The first-order valence-corrected chi connectivity index (χ1v) is 9.95. The van der Waals surface area contributed by atoms with Crippen LogP contribution in [0.5, 0.6) is 23.0 Å². The van der Waals surface area contributed by atoms with Crippen molar-refractivity contribution < 1.29 is 28.5 Å². The number of amides is 1. The third-order valence-electron chi connectivity index (χ3n) is 5.38. The molecule has 1 heterocycles. The van der Waals surface area contributed by atoms with Gasteiger partial charge in [-0.2, -0.15) is 0 Å². The first kappa shape index (κ1) is 21.6. The normalized spacial score (nSPS) is 15.2. The van der Waals surface area contributed by atoms with Crippen LogP contribution in [0.2, 0.25) is 0 Å². The van der Waals surface area contributed by atoms with Crippen LogP contribution in [0, 0.1) is 0 Å². The van der Waals surface area contributed by atoms with Gasteiger partial charge in [0, 0.05) is 6.54 Å². The van der Waals surface area contributed by atoms with Crippen LogP contribution < -0.4 is 18.9 Å². The van der Waals surface area contributed by atoms with E-state index in [0.717, 1.165) is 23.1 Å². The van der Waals surface area contributed by atoms with E-state index in [4.69, 9.17) is 23.7 Å². The lowest BCUT2D eigenvalue weighted by molar-refractivity contribution is 0.0863. The van der Waals surface area contributed by atoms with E-state index in [1.54, 1.807) is 33.3 Å². The Morgan fingerprint density at radius 2 is 1.57 bits per heavy atom. The fraction of sp³-hybridized carbons (Fsp3) is 0.435. The molecule has 0 radical (unpaired) electrons. The summed E-state index contributed by atoms with van der Waals surface area (Å²) in [5.74, 6) is 2.64. The number of rotatable bonds is 7. The van der Waals surface area contributed by atoms with Gasteiger partial charge in [0.05, 0.1) is 41.1 Å². The molecule has 0 unspecified atom stereocenters. The number of nitrogens with zero attached hydrogens (tertiary/aromatic N) is 1. The van der Waals surface area contributed by atoms with E-state index < -0.39 is 0 Å². The summed E-state index contributed by atoms with van der Waals surface area (Å²) in [5.41, 5.74) is 3.19. The van der Waals surface area contributed by atoms with Crippen molar-refractivity contribution in [3.63, 3.8) is 0 Å². The molecule has 0 spiro atoms. The maximum atomic E-state index is 12.7. The van der Waals surface area contributed by atoms with E-state index in [1.165, 1.54) is 0 Å². The Labute approximate surface area is 177 Å². The molecule has 0 fully saturated rings. The van der Waals surface area contributed by atoms with Gasteiger partial charge in [0.15, 0.2) is 23.0 Å². The van der Waals surface area contributed by atoms with Crippen LogP contribution in [0.3, 0.4) is 0 Å². The zero-order valence-electron chi connectivity index (χ0n) is 18.2. The van der Waals surface area contributed by atoms with Crippen LogP contribution >= 0.6 is 0 Å². The lowest BCUT2D eigenvalue weighted by Gasteiger charge is -2.37. The Morgan fingerprint density at radius 1 is 0.933 bits per heavy atom. The highest BCUT2D eigenvalue weighted by Crippen LogP contribution is 2.40. The fourth-order valence-electron chi connectivity index (χ4n) is 3.90. The fourth-order valence-corrected chi connectivity index (χ4v) is 3.90. The van der Waals surface area contributed by atoms with E-state index >= 15 is 0 Å². The minimum Gasteiger partial charge on any atom is -0.493 e. The molecule has 2 aromatic carbocycles. The van der Waals surface area contributed by atoms with Gasteiger partial charge in [0.1, 0.15) is 0 Å². The van der Waals surface area contributed by atoms with Gasteiger partial charge >= 0.3 is 6.09 Å². The molecule has 162 valence electrons. The SMILES string of the molecule is CCOC(=O)N1CCc2cc(OC)c(OC)cc2[C@@H]1Cc1ccc(OC)c(OC)c1. The van der Waals surface area contributed by atoms with Crippen molar-refractivity contribution in [2.75, 3.05) is 41.6 Å². The topological polar surface area (TPSA) is 66.5 Å². The molecule has 0 aliphatic carbocycles. The van der Waals surface area contributed by atoms with Crippen molar-refractivity contribution in [3.8, 4) is 23.0 Å². The molecular weight excluding hydrogens is 386 g/mol. The zero-order valence-corrected chi connectivity index (χ0v) is 18.2. The predicted octanol–water partition coefficient (Wildman–Crippen LogP) is 4.02. The maximum absolute atomic E-state index is 12.7. The van der Waals surface area contributed by atoms with Gasteiger partial charge in [0.25, 0.3) is 0 Å². The number of benzene rings is 2. The molecule has 0 bridgehead atoms. The van der Waals surface area contributed by atoms with Crippen LogP contribution in [0.15, 0.2) is 30.3 Å². The molecule has 0 saturated heterocycles. The van der Waals surface area contributed by atoms with E-state index in [9.17, 15) is 4.79 Å². The highest BCUT2D eigenvalue weighted by Gasteiger charge is 2.33. The van der Waals surface area contributed by atoms with Crippen LogP contribution in [0.25, 0.3) is 0 Å². The zero-order chi connectivity index (χ0) is 21.7. The van der Waals surface area contributed by atoms with Crippen molar-refractivity contribution >= 4 is 6.09 Å². The van der Waals surface area contributed by atoms with E-state index in [-0.39, 0.29) is 12.1 Å². The first-order valence-electron chi connectivity index (χ1n) is 9.95. The number of hydrogen-bond donors (Lipinski definition) is 0. The molecule has 3 rings (SSSR count). The average molecular weight is 415 g/mol. The Bertz CT molecular complexity index is 898. The highest BCUT2D eigenvalue weighted by molar-refractivity contribution is 5.69. The quantitative estimate of drug-likeness (QED) is 0.681. The third-order valence-corrected chi connectivity index (χ3v) is 5.38. The number of carbonyl (C=O) groups excluding carboxylic acids is 1. The lowest BCUT2D eigenvalue weighted by atomic mass is 9.88.